The Hall–Kier alpha value is -7.10. The average molecular weight is 676 g/mol. The predicted molar refractivity (Wildman–Crippen MR) is 225 cm³/mol. The van der Waals surface area contributed by atoms with Crippen molar-refractivity contribution >= 4 is 82.2 Å². The third-order valence-electron chi connectivity index (χ3n) is 10.9. The van der Waals surface area contributed by atoms with Gasteiger partial charge in [-0.1, -0.05) is 127 Å². The lowest BCUT2D eigenvalue weighted by Gasteiger charge is -2.26. The molecule has 3 heteroatoms. The molecular weight excluding hydrogens is 643 g/mol. The minimum absolute atomic E-state index is 1.11. The predicted octanol–water partition coefficient (Wildman–Crippen LogP) is 13.7. The first kappa shape index (κ1) is 29.6. The lowest BCUT2D eigenvalue weighted by Crippen LogP contribution is -2.09. The van der Waals surface area contributed by atoms with E-state index in [1.807, 2.05) is 0 Å². The average Bonchev–Trinajstić information content (AvgIpc) is 3.73. The van der Waals surface area contributed by atoms with Gasteiger partial charge in [-0.3, -0.25) is 0 Å². The summed E-state index contributed by atoms with van der Waals surface area (Å²) in [6.07, 6.45) is 0. The van der Waals surface area contributed by atoms with Gasteiger partial charge in [0, 0.05) is 49.4 Å². The molecule has 0 radical (unpaired) electrons. The monoisotopic (exact) mass is 675 g/mol. The molecule has 53 heavy (non-hydrogen) atoms. The molecule has 0 spiro atoms. The van der Waals surface area contributed by atoms with Crippen LogP contribution < -0.4 is 4.90 Å². The standard InChI is InChI=1S/C50H33N3/c1-2-18-36(19-3-1)51(37-28-30-49-43(32-37)41-22-8-10-24-47(41)52(49)45-26-12-16-34-14-4-6-20-39(34)45)38-29-31-50-44(33-38)42-23-9-11-25-48(42)53(50)46-27-13-17-35-15-5-7-21-40(35)46/h1-33H. The van der Waals surface area contributed by atoms with Crippen molar-refractivity contribution < 1.29 is 0 Å². The quantitative estimate of drug-likeness (QED) is 0.177. The zero-order valence-corrected chi connectivity index (χ0v) is 28.9. The van der Waals surface area contributed by atoms with Crippen molar-refractivity contribution in [1.29, 1.82) is 0 Å². The summed E-state index contributed by atoms with van der Waals surface area (Å²) in [7, 11) is 0. The number of benzene rings is 9. The van der Waals surface area contributed by atoms with Crippen LogP contribution in [-0.2, 0) is 0 Å². The second-order valence-corrected chi connectivity index (χ2v) is 13.8. The number of hydrogen-bond donors (Lipinski definition) is 0. The zero-order valence-electron chi connectivity index (χ0n) is 28.9. The third kappa shape index (κ3) is 4.54. The Morgan fingerprint density at radius 3 is 1.17 bits per heavy atom. The van der Waals surface area contributed by atoms with Crippen LogP contribution in [0.15, 0.2) is 200 Å². The number of aromatic nitrogens is 2. The van der Waals surface area contributed by atoms with E-state index in [1.165, 1.54) is 76.5 Å². The van der Waals surface area contributed by atoms with Crippen LogP contribution >= 0.6 is 0 Å². The summed E-state index contributed by atoms with van der Waals surface area (Å²) in [6, 6.07) is 72.7. The summed E-state index contributed by atoms with van der Waals surface area (Å²) in [5.41, 5.74) is 10.5. The molecule has 11 aromatic rings. The van der Waals surface area contributed by atoms with Gasteiger partial charge in [0.05, 0.1) is 33.4 Å². The second-order valence-electron chi connectivity index (χ2n) is 13.8. The molecule has 2 aromatic heterocycles. The normalized spacial score (nSPS) is 11.8. The Morgan fingerprint density at radius 2 is 0.660 bits per heavy atom. The SMILES string of the molecule is c1ccc(N(c2ccc3c(c2)c2ccccc2n3-c2cccc3ccccc23)c2ccc3c(c2)c2ccccc2n3-c2cccc3ccccc23)cc1. The van der Waals surface area contributed by atoms with E-state index in [9.17, 15) is 0 Å². The Labute approximate surface area is 306 Å². The van der Waals surface area contributed by atoms with Gasteiger partial charge in [0.2, 0.25) is 0 Å². The first-order valence-corrected chi connectivity index (χ1v) is 18.2. The Morgan fingerprint density at radius 1 is 0.264 bits per heavy atom. The smallest absolute Gasteiger partial charge is 0.0542 e. The van der Waals surface area contributed by atoms with Gasteiger partial charge < -0.3 is 14.0 Å². The Balaban J connectivity index is 1.14. The summed E-state index contributed by atoms with van der Waals surface area (Å²) < 4.78 is 4.86. The molecule has 2 heterocycles. The first-order chi connectivity index (χ1) is 26.3. The zero-order chi connectivity index (χ0) is 34.9. The topological polar surface area (TPSA) is 13.1 Å². The molecule has 0 unspecified atom stereocenters. The lowest BCUT2D eigenvalue weighted by atomic mass is 10.1. The van der Waals surface area contributed by atoms with Crippen molar-refractivity contribution in [1.82, 2.24) is 9.13 Å². The maximum absolute atomic E-state index is 2.43. The van der Waals surface area contributed by atoms with Crippen LogP contribution in [0.4, 0.5) is 17.1 Å². The molecule has 0 N–H and O–H groups in total. The van der Waals surface area contributed by atoms with Gasteiger partial charge in [0.25, 0.3) is 0 Å². The van der Waals surface area contributed by atoms with Crippen LogP contribution in [-0.4, -0.2) is 9.13 Å². The fourth-order valence-electron chi connectivity index (χ4n) is 8.55. The van der Waals surface area contributed by atoms with Crippen molar-refractivity contribution in [2.45, 2.75) is 0 Å². The van der Waals surface area contributed by atoms with Crippen molar-refractivity contribution in [2.24, 2.45) is 0 Å². The minimum Gasteiger partial charge on any atom is -0.310 e. The van der Waals surface area contributed by atoms with Gasteiger partial charge in [-0.05, 0) is 83.6 Å². The Bertz CT molecular complexity index is 2980. The molecule has 0 aliphatic rings. The fraction of sp³-hybridized carbons (Fsp3) is 0. The van der Waals surface area contributed by atoms with E-state index in [-0.39, 0.29) is 0 Å². The van der Waals surface area contributed by atoms with Gasteiger partial charge in [0.15, 0.2) is 0 Å². The van der Waals surface area contributed by atoms with E-state index in [0.717, 1.165) is 17.1 Å². The van der Waals surface area contributed by atoms with Crippen LogP contribution in [0.2, 0.25) is 0 Å². The molecule has 11 rings (SSSR count). The molecule has 0 saturated heterocycles. The number of rotatable bonds is 5. The first-order valence-electron chi connectivity index (χ1n) is 18.2. The highest BCUT2D eigenvalue weighted by Crippen LogP contribution is 2.43. The molecule has 248 valence electrons. The molecule has 0 aliphatic heterocycles. The van der Waals surface area contributed by atoms with Gasteiger partial charge in [-0.25, -0.2) is 0 Å². The number of nitrogens with zero attached hydrogens (tertiary/aromatic N) is 3. The summed E-state index contributed by atoms with van der Waals surface area (Å²) >= 11 is 0. The highest BCUT2D eigenvalue weighted by Gasteiger charge is 2.20. The van der Waals surface area contributed by atoms with Crippen molar-refractivity contribution in [3.05, 3.63) is 200 Å². The molecule has 0 aliphatic carbocycles. The Kier molecular flexibility index (Phi) is 6.55. The van der Waals surface area contributed by atoms with Crippen molar-refractivity contribution in [2.75, 3.05) is 4.90 Å². The van der Waals surface area contributed by atoms with Gasteiger partial charge in [-0.2, -0.15) is 0 Å². The maximum Gasteiger partial charge on any atom is 0.0542 e. The minimum atomic E-state index is 1.11. The molecule has 9 aromatic carbocycles. The van der Waals surface area contributed by atoms with E-state index in [0.29, 0.717) is 0 Å². The number of anilines is 3. The molecule has 0 saturated carbocycles. The molecule has 0 amide bonds. The number of hydrogen-bond acceptors (Lipinski definition) is 1. The van der Waals surface area contributed by atoms with Crippen molar-refractivity contribution in [3.63, 3.8) is 0 Å². The van der Waals surface area contributed by atoms with E-state index < -0.39 is 0 Å². The van der Waals surface area contributed by atoms with Crippen molar-refractivity contribution in [3.8, 4) is 11.4 Å². The molecule has 3 nitrogen and oxygen atoms in total. The third-order valence-corrected chi connectivity index (χ3v) is 10.9. The number of para-hydroxylation sites is 3. The van der Waals surface area contributed by atoms with Crippen LogP contribution in [0.5, 0.6) is 0 Å². The molecule has 0 fully saturated rings. The molecule has 0 bridgehead atoms. The summed E-state index contributed by atoms with van der Waals surface area (Å²) in [4.78, 5) is 2.40. The van der Waals surface area contributed by atoms with Crippen LogP contribution in [0.25, 0.3) is 76.5 Å². The van der Waals surface area contributed by atoms with Gasteiger partial charge >= 0.3 is 0 Å². The van der Waals surface area contributed by atoms with E-state index in [4.69, 9.17) is 0 Å². The number of fused-ring (bicyclic) bond motifs is 8. The summed E-state index contributed by atoms with van der Waals surface area (Å²) in [6.45, 7) is 0. The second kappa shape index (κ2) is 11.7. The van der Waals surface area contributed by atoms with Crippen LogP contribution in [0.1, 0.15) is 0 Å². The molecule has 0 atom stereocenters. The highest BCUT2D eigenvalue weighted by molar-refractivity contribution is 6.14. The molecular formula is C50H33N3. The summed E-state index contributed by atoms with van der Waals surface area (Å²) in [5, 5.41) is 9.87. The van der Waals surface area contributed by atoms with Crippen LogP contribution in [0.3, 0.4) is 0 Å². The fourth-order valence-corrected chi connectivity index (χ4v) is 8.55. The van der Waals surface area contributed by atoms with E-state index in [1.54, 1.807) is 0 Å². The maximum atomic E-state index is 2.43. The van der Waals surface area contributed by atoms with Gasteiger partial charge in [-0.15, -0.1) is 0 Å². The van der Waals surface area contributed by atoms with E-state index in [2.05, 4.69) is 214 Å². The van der Waals surface area contributed by atoms with Gasteiger partial charge in [0.1, 0.15) is 0 Å². The van der Waals surface area contributed by atoms with Crippen LogP contribution in [0, 0.1) is 0 Å². The van der Waals surface area contributed by atoms with E-state index >= 15 is 0 Å². The summed E-state index contributed by atoms with van der Waals surface area (Å²) in [5.74, 6) is 0. The lowest BCUT2D eigenvalue weighted by molar-refractivity contribution is 1.19. The highest BCUT2D eigenvalue weighted by atomic mass is 15.1. The largest absolute Gasteiger partial charge is 0.310 e.